The number of nitrogens with zero attached hydrogens (tertiary/aromatic N) is 4. The molecule has 0 unspecified atom stereocenters. The Kier molecular flexibility index (Phi) is 9.01. The molecule has 3 fully saturated rings. The van der Waals surface area contributed by atoms with Gasteiger partial charge >= 0.3 is 0 Å². The molecule has 14 heteroatoms. The minimum atomic E-state index is -3.82. The maximum Gasteiger partial charge on any atom is 0.258 e. The molecule has 3 heterocycles. The van der Waals surface area contributed by atoms with E-state index >= 15 is 0 Å². The van der Waals surface area contributed by atoms with Gasteiger partial charge in [0.25, 0.3) is 11.8 Å². The van der Waals surface area contributed by atoms with Crippen LogP contribution in [0.4, 0.5) is 31.9 Å². The van der Waals surface area contributed by atoms with Gasteiger partial charge in [-0.25, -0.2) is 22.2 Å². The molecular formula is C27H37ClF2N6O4S. The quantitative estimate of drug-likeness (QED) is 0.404. The number of amides is 1. The number of hydrogen-bond donors (Lipinski definition) is 3. The second-order valence-corrected chi connectivity index (χ2v) is 13.4. The smallest absolute Gasteiger partial charge is 0.258 e. The summed E-state index contributed by atoms with van der Waals surface area (Å²) in [6, 6.07) is 6.38. The van der Waals surface area contributed by atoms with Crippen molar-refractivity contribution in [1.29, 1.82) is 0 Å². The Bertz CT molecular complexity index is 1370. The van der Waals surface area contributed by atoms with Gasteiger partial charge in [-0.15, -0.1) is 12.4 Å². The van der Waals surface area contributed by atoms with E-state index in [0.29, 0.717) is 34.0 Å². The van der Waals surface area contributed by atoms with Crippen molar-refractivity contribution in [2.24, 2.45) is 5.41 Å². The van der Waals surface area contributed by atoms with E-state index in [1.54, 1.807) is 30.0 Å². The van der Waals surface area contributed by atoms with Gasteiger partial charge in [-0.3, -0.25) is 9.52 Å². The third-order valence-electron chi connectivity index (χ3n) is 8.27. The zero-order chi connectivity index (χ0) is 28.7. The lowest BCUT2D eigenvalue weighted by Gasteiger charge is -2.35. The highest BCUT2D eigenvalue weighted by atomic mass is 35.5. The fourth-order valence-corrected chi connectivity index (χ4v) is 6.14. The number of aromatic nitrogens is 2. The summed E-state index contributed by atoms with van der Waals surface area (Å²) < 4.78 is 55.0. The molecule has 1 saturated carbocycles. The fourth-order valence-electron chi connectivity index (χ4n) is 5.29. The van der Waals surface area contributed by atoms with Crippen molar-refractivity contribution in [2.45, 2.75) is 63.5 Å². The van der Waals surface area contributed by atoms with Crippen molar-refractivity contribution in [3.63, 3.8) is 0 Å². The van der Waals surface area contributed by atoms with E-state index in [1.807, 2.05) is 0 Å². The largest absolute Gasteiger partial charge is 0.395 e. The van der Waals surface area contributed by atoms with E-state index < -0.39 is 33.7 Å². The van der Waals surface area contributed by atoms with Gasteiger partial charge in [-0.2, -0.15) is 4.98 Å². The first kappa shape index (κ1) is 31.2. The number of anilines is 4. The number of carbonyl (C=O) groups is 1. The number of aliphatic hydroxyl groups is 1. The number of rotatable bonds is 8. The van der Waals surface area contributed by atoms with Crippen molar-refractivity contribution >= 4 is 51.5 Å². The first-order chi connectivity index (χ1) is 18.9. The lowest BCUT2D eigenvalue weighted by molar-refractivity contribution is -0.0222. The zero-order valence-corrected chi connectivity index (χ0v) is 24.8. The van der Waals surface area contributed by atoms with Crippen LogP contribution in [0.2, 0.25) is 0 Å². The Labute approximate surface area is 245 Å². The van der Waals surface area contributed by atoms with E-state index in [9.17, 15) is 27.1 Å². The molecule has 0 radical (unpaired) electrons. The first-order valence-electron chi connectivity index (χ1n) is 13.7. The third-order valence-corrected chi connectivity index (χ3v) is 10.0. The minimum Gasteiger partial charge on any atom is -0.395 e. The standard InChI is InChI=1S/C27H36F2N6O4S.ClH/c1-18-15-23(32-25(30-18)35-13-9-27(28,29)10-14-35)31-24(37)21-4-3-20(33-40(38,39)19(2)17-36)16-22(21)34-11-7-26(5-6-26)8-12-34;/h3-4,15-16,19,33,36H,5-14,17H2,1-2H3,(H,30,31,32,37);1H/t19-;/m0./s1. The van der Waals surface area contributed by atoms with Crippen LogP contribution < -0.4 is 19.8 Å². The predicted molar refractivity (Wildman–Crippen MR) is 157 cm³/mol. The molecule has 1 spiro atoms. The molecule has 226 valence electrons. The van der Waals surface area contributed by atoms with Crippen LogP contribution >= 0.6 is 12.4 Å². The SMILES string of the molecule is Cc1cc(NC(=O)c2ccc(NS(=O)(=O)[C@@H](C)CO)cc2N2CCC3(CC2)CC3)nc(N2CCC(F)(F)CC2)n1.Cl. The number of aliphatic hydroxyl groups excluding tert-OH is 1. The van der Waals surface area contributed by atoms with Gasteiger partial charge in [0.15, 0.2) is 0 Å². The van der Waals surface area contributed by atoms with E-state index in [1.165, 1.54) is 25.8 Å². The van der Waals surface area contributed by atoms with Crippen LogP contribution in [0, 0.1) is 12.3 Å². The van der Waals surface area contributed by atoms with Crippen LogP contribution in [0.15, 0.2) is 24.3 Å². The Balaban J connectivity index is 0.00000387. The van der Waals surface area contributed by atoms with Gasteiger partial charge in [0, 0.05) is 50.8 Å². The lowest BCUT2D eigenvalue weighted by Crippen LogP contribution is -2.40. The minimum absolute atomic E-state index is 0. The number of hydrogen-bond acceptors (Lipinski definition) is 8. The highest BCUT2D eigenvalue weighted by Gasteiger charge is 2.44. The van der Waals surface area contributed by atoms with Gasteiger partial charge in [-0.1, -0.05) is 0 Å². The molecule has 1 atom stereocenters. The number of carbonyl (C=O) groups excluding carboxylic acids is 1. The fraction of sp³-hybridized carbons (Fsp3) is 0.593. The summed E-state index contributed by atoms with van der Waals surface area (Å²) in [6.45, 7) is 4.39. The van der Waals surface area contributed by atoms with Gasteiger partial charge < -0.3 is 20.2 Å². The molecule has 1 amide bonds. The number of alkyl halides is 2. The Hall–Kier alpha value is -2.77. The highest BCUT2D eigenvalue weighted by Crippen LogP contribution is 2.54. The van der Waals surface area contributed by atoms with Crippen molar-refractivity contribution in [1.82, 2.24) is 9.97 Å². The van der Waals surface area contributed by atoms with E-state index in [2.05, 4.69) is 24.9 Å². The van der Waals surface area contributed by atoms with E-state index in [0.717, 1.165) is 25.9 Å². The predicted octanol–water partition coefficient (Wildman–Crippen LogP) is 4.20. The summed E-state index contributed by atoms with van der Waals surface area (Å²) in [6.07, 6.45) is 3.90. The summed E-state index contributed by atoms with van der Waals surface area (Å²) >= 11 is 0. The summed E-state index contributed by atoms with van der Waals surface area (Å²) in [7, 11) is -3.82. The van der Waals surface area contributed by atoms with E-state index in [4.69, 9.17) is 0 Å². The third kappa shape index (κ3) is 7.18. The van der Waals surface area contributed by atoms with Crippen molar-refractivity contribution in [2.75, 3.05) is 52.6 Å². The normalized spacial score (nSPS) is 20.2. The number of aryl methyl sites for hydroxylation is 1. The molecule has 2 saturated heterocycles. The Morgan fingerprint density at radius 3 is 2.27 bits per heavy atom. The monoisotopic (exact) mass is 614 g/mol. The first-order valence-corrected chi connectivity index (χ1v) is 15.2. The zero-order valence-electron chi connectivity index (χ0n) is 23.2. The van der Waals surface area contributed by atoms with Crippen LogP contribution in [-0.4, -0.2) is 73.4 Å². The van der Waals surface area contributed by atoms with Crippen LogP contribution in [0.3, 0.4) is 0 Å². The number of benzene rings is 1. The summed E-state index contributed by atoms with van der Waals surface area (Å²) in [5, 5.41) is 11.2. The number of piperidine rings is 2. The molecule has 1 aliphatic carbocycles. The Morgan fingerprint density at radius 2 is 1.66 bits per heavy atom. The number of halogens is 3. The van der Waals surface area contributed by atoms with Crippen LogP contribution in [0.1, 0.15) is 61.5 Å². The number of sulfonamides is 1. The second-order valence-electron chi connectivity index (χ2n) is 11.4. The van der Waals surface area contributed by atoms with Crippen molar-refractivity contribution < 1.29 is 27.1 Å². The van der Waals surface area contributed by atoms with Gasteiger partial charge in [0.05, 0.1) is 23.5 Å². The number of nitrogens with one attached hydrogen (secondary N) is 2. The average molecular weight is 615 g/mol. The molecule has 0 bridgehead atoms. The van der Waals surface area contributed by atoms with Crippen molar-refractivity contribution in [3.05, 3.63) is 35.5 Å². The maximum absolute atomic E-state index is 13.6. The highest BCUT2D eigenvalue weighted by molar-refractivity contribution is 7.93. The van der Waals surface area contributed by atoms with Gasteiger partial charge in [-0.05, 0) is 63.1 Å². The lowest BCUT2D eigenvalue weighted by atomic mass is 9.93. The molecule has 10 nitrogen and oxygen atoms in total. The molecule has 5 rings (SSSR count). The topological polar surface area (TPSA) is 128 Å². The average Bonchev–Trinajstić information content (AvgIpc) is 3.66. The molecule has 1 aromatic carbocycles. The molecule has 41 heavy (non-hydrogen) atoms. The molecular weight excluding hydrogens is 578 g/mol. The second kappa shape index (κ2) is 11.8. The molecule has 2 aliphatic heterocycles. The summed E-state index contributed by atoms with van der Waals surface area (Å²) in [5.41, 5.74) is 2.27. The van der Waals surface area contributed by atoms with Crippen LogP contribution in [0.25, 0.3) is 0 Å². The van der Waals surface area contributed by atoms with E-state index in [-0.39, 0.29) is 44.2 Å². The molecule has 3 aliphatic rings. The van der Waals surface area contributed by atoms with Gasteiger partial charge in [0.1, 0.15) is 11.1 Å². The Morgan fingerprint density at radius 1 is 1.02 bits per heavy atom. The van der Waals surface area contributed by atoms with Crippen LogP contribution in [0.5, 0.6) is 0 Å². The summed E-state index contributed by atoms with van der Waals surface area (Å²) in [5.74, 6) is -2.57. The molecule has 2 aromatic rings. The summed E-state index contributed by atoms with van der Waals surface area (Å²) in [4.78, 5) is 26.2. The van der Waals surface area contributed by atoms with Crippen molar-refractivity contribution in [3.8, 4) is 0 Å². The van der Waals surface area contributed by atoms with Crippen LogP contribution in [-0.2, 0) is 10.0 Å². The molecule has 3 N–H and O–H groups in total. The maximum atomic E-state index is 13.6. The molecule has 1 aromatic heterocycles. The van der Waals surface area contributed by atoms with Gasteiger partial charge in [0.2, 0.25) is 16.0 Å².